The number of carbonyl (C=O) groups excluding carboxylic acids is 1. The summed E-state index contributed by atoms with van der Waals surface area (Å²) < 4.78 is 0. The Bertz CT molecular complexity index is 309. The Balaban J connectivity index is 1.75. The minimum atomic E-state index is -0.255. The van der Waals surface area contributed by atoms with Crippen molar-refractivity contribution in [2.75, 3.05) is 12.3 Å². The Kier molecular flexibility index (Phi) is 3.54. The number of rotatable bonds is 3. The Morgan fingerprint density at radius 1 is 1.60 bits per heavy atom. The summed E-state index contributed by atoms with van der Waals surface area (Å²) in [6.07, 6.45) is 3.73. The summed E-state index contributed by atoms with van der Waals surface area (Å²) in [4.78, 5) is 11.4. The summed E-state index contributed by atoms with van der Waals surface area (Å²) >= 11 is 1.92. The highest BCUT2D eigenvalue weighted by atomic mass is 32.2. The molecule has 1 fully saturated rings. The maximum atomic E-state index is 11.4. The molecule has 2 rings (SSSR count). The van der Waals surface area contributed by atoms with Crippen molar-refractivity contribution in [3.63, 3.8) is 0 Å². The number of aromatic nitrogens is 4. The third-order valence-electron chi connectivity index (χ3n) is 2.31. The van der Waals surface area contributed by atoms with Crippen LogP contribution in [0.3, 0.4) is 0 Å². The molecule has 1 saturated heterocycles. The van der Waals surface area contributed by atoms with Gasteiger partial charge >= 0.3 is 0 Å². The molecule has 0 radical (unpaired) electrons. The van der Waals surface area contributed by atoms with Crippen molar-refractivity contribution >= 4 is 17.7 Å². The van der Waals surface area contributed by atoms with E-state index in [9.17, 15) is 4.79 Å². The van der Waals surface area contributed by atoms with Gasteiger partial charge in [0.2, 0.25) is 0 Å². The molecule has 82 valence electrons. The average Bonchev–Trinajstić information content (AvgIpc) is 2.81. The van der Waals surface area contributed by atoms with E-state index in [2.05, 4.69) is 25.9 Å². The first-order chi connectivity index (χ1) is 7.36. The molecule has 1 amide bonds. The van der Waals surface area contributed by atoms with Crippen LogP contribution in [0.1, 0.15) is 29.9 Å². The van der Waals surface area contributed by atoms with Gasteiger partial charge in [-0.2, -0.15) is 17.0 Å². The largest absolute Gasteiger partial charge is 0.348 e. The summed E-state index contributed by atoms with van der Waals surface area (Å²) in [6.45, 7) is 0.693. The smallest absolute Gasteiger partial charge is 0.292 e. The summed E-state index contributed by atoms with van der Waals surface area (Å²) in [5.41, 5.74) is 0. The summed E-state index contributed by atoms with van der Waals surface area (Å²) in [5.74, 6) is 1.05. The monoisotopic (exact) mass is 227 g/mol. The predicted octanol–water partition coefficient (Wildman–Crippen LogP) is 0.215. The number of carbonyl (C=O) groups is 1. The minimum Gasteiger partial charge on any atom is -0.348 e. The van der Waals surface area contributed by atoms with E-state index in [0.29, 0.717) is 11.8 Å². The zero-order valence-electron chi connectivity index (χ0n) is 8.27. The first-order valence-corrected chi connectivity index (χ1v) is 6.04. The third-order valence-corrected chi connectivity index (χ3v) is 3.71. The average molecular weight is 227 g/mol. The topological polar surface area (TPSA) is 83.6 Å². The second-order valence-corrected chi connectivity index (χ2v) is 4.84. The molecule has 1 atom stereocenters. The SMILES string of the molecule is O=C(NCC1CCCCS1)c1nn[nH]n1. The molecule has 6 nitrogen and oxygen atoms in total. The Morgan fingerprint density at radius 2 is 2.53 bits per heavy atom. The number of amides is 1. The van der Waals surface area contributed by atoms with E-state index in [4.69, 9.17) is 0 Å². The normalized spacial score (nSPS) is 21.2. The lowest BCUT2D eigenvalue weighted by atomic mass is 10.2. The van der Waals surface area contributed by atoms with Gasteiger partial charge in [-0.1, -0.05) is 6.42 Å². The van der Waals surface area contributed by atoms with E-state index in [-0.39, 0.29) is 11.7 Å². The molecule has 0 bridgehead atoms. The summed E-state index contributed by atoms with van der Waals surface area (Å²) in [7, 11) is 0. The Labute approximate surface area is 91.6 Å². The highest BCUT2D eigenvalue weighted by Crippen LogP contribution is 2.24. The van der Waals surface area contributed by atoms with Crippen LogP contribution < -0.4 is 5.32 Å². The van der Waals surface area contributed by atoms with E-state index in [1.807, 2.05) is 11.8 Å². The molecule has 0 spiro atoms. The maximum Gasteiger partial charge on any atom is 0.292 e. The zero-order chi connectivity index (χ0) is 10.5. The Morgan fingerprint density at radius 3 is 3.20 bits per heavy atom. The van der Waals surface area contributed by atoms with Crippen LogP contribution in [0.2, 0.25) is 0 Å². The molecule has 1 aliphatic heterocycles. The van der Waals surface area contributed by atoms with Crippen molar-refractivity contribution in [1.82, 2.24) is 25.9 Å². The van der Waals surface area contributed by atoms with Gasteiger partial charge in [0, 0.05) is 11.8 Å². The number of H-pyrrole nitrogens is 1. The lowest BCUT2D eigenvalue weighted by Gasteiger charge is -2.20. The number of hydrogen-bond donors (Lipinski definition) is 2. The number of nitrogens with one attached hydrogen (secondary N) is 2. The predicted molar refractivity (Wildman–Crippen MR) is 56.6 cm³/mol. The fraction of sp³-hybridized carbons (Fsp3) is 0.750. The van der Waals surface area contributed by atoms with Crippen molar-refractivity contribution < 1.29 is 4.79 Å². The molecule has 1 aromatic heterocycles. The van der Waals surface area contributed by atoms with Gasteiger partial charge in [0.05, 0.1) is 0 Å². The van der Waals surface area contributed by atoms with Crippen LogP contribution in [0.4, 0.5) is 0 Å². The molecule has 1 aromatic rings. The van der Waals surface area contributed by atoms with Crippen LogP contribution in [0.5, 0.6) is 0 Å². The lowest BCUT2D eigenvalue weighted by molar-refractivity contribution is 0.0943. The van der Waals surface area contributed by atoms with Crippen molar-refractivity contribution in [3.8, 4) is 0 Å². The molecule has 15 heavy (non-hydrogen) atoms. The molecule has 7 heteroatoms. The van der Waals surface area contributed by atoms with Gasteiger partial charge in [-0.05, 0) is 23.8 Å². The fourth-order valence-electron chi connectivity index (χ4n) is 1.51. The fourth-order valence-corrected chi connectivity index (χ4v) is 2.75. The van der Waals surface area contributed by atoms with Crippen molar-refractivity contribution in [3.05, 3.63) is 5.82 Å². The number of hydrogen-bond acceptors (Lipinski definition) is 5. The van der Waals surface area contributed by atoms with Crippen LogP contribution in [-0.2, 0) is 0 Å². The van der Waals surface area contributed by atoms with Crippen molar-refractivity contribution in [2.24, 2.45) is 0 Å². The van der Waals surface area contributed by atoms with Gasteiger partial charge in [0.15, 0.2) is 0 Å². The number of thioether (sulfide) groups is 1. The van der Waals surface area contributed by atoms with Crippen LogP contribution in [0.15, 0.2) is 0 Å². The maximum absolute atomic E-state index is 11.4. The zero-order valence-corrected chi connectivity index (χ0v) is 9.09. The van der Waals surface area contributed by atoms with Gasteiger partial charge in [0.25, 0.3) is 11.7 Å². The quantitative estimate of drug-likeness (QED) is 0.771. The van der Waals surface area contributed by atoms with Gasteiger partial charge in [-0.15, -0.1) is 10.2 Å². The van der Waals surface area contributed by atoms with Crippen molar-refractivity contribution in [2.45, 2.75) is 24.5 Å². The highest BCUT2D eigenvalue weighted by Gasteiger charge is 2.16. The molecule has 2 heterocycles. The molecule has 0 aromatic carbocycles. The van der Waals surface area contributed by atoms with Crippen LogP contribution in [0.25, 0.3) is 0 Å². The second-order valence-electron chi connectivity index (χ2n) is 3.43. The second kappa shape index (κ2) is 5.11. The number of tetrazole rings is 1. The van der Waals surface area contributed by atoms with Gasteiger partial charge in [-0.3, -0.25) is 4.79 Å². The molecule has 2 N–H and O–H groups in total. The summed E-state index contributed by atoms with van der Waals surface area (Å²) in [6, 6.07) is 0. The first-order valence-electron chi connectivity index (χ1n) is 4.99. The first kappa shape index (κ1) is 10.4. The van der Waals surface area contributed by atoms with Gasteiger partial charge < -0.3 is 5.32 Å². The van der Waals surface area contributed by atoms with E-state index in [1.54, 1.807) is 0 Å². The minimum absolute atomic E-state index is 0.107. The molecule has 0 saturated carbocycles. The molecular weight excluding hydrogens is 214 g/mol. The highest BCUT2D eigenvalue weighted by molar-refractivity contribution is 7.99. The van der Waals surface area contributed by atoms with Crippen LogP contribution >= 0.6 is 11.8 Å². The van der Waals surface area contributed by atoms with E-state index in [0.717, 1.165) is 0 Å². The third kappa shape index (κ3) is 2.92. The van der Waals surface area contributed by atoms with Gasteiger partial charge in [0.1, 0.15) is 0 Å². The van der Waals surface area contributed by atoms with Gasteiger partial charge in [-0.25, -0.2) is 0 Å². The number of aromatic amines is 1. The molecule has 1 unspecified atom stereocenters. The van der Waals surface area contributed by atoms with Crippen molar-refractivity contribution in [1.29, 1.82) is 0 Å². The summed E-state index contributed by atoms with van der Waals surface area (Å²) in [5, 5.41) is 16.2. The van der Waals surface area contributed by atoms with Crippen LogP contribution in [-0.4, -0.2) is 44.1 Å². The molecule has 1 aliphatic rings. The van der Waals surface area contributed by atoms with E-state index < -0.39 is 0 Å². The molecule has 0 aliphatic carbocycles. The van der Waals surface area contributed by atoms with E-state index in [1.165, 1.54) is 25.0 Å². The number of nitrogens with zero attached hydrogens (tertiary/aromatic N) is 3. The van der Waals surface area contributed by atoms with E-state index >= 15 is 0 Å². The standard InChI is InChI=1S/C8H13N5OS/c14-8(7-10-12-13-11-7)9-5-6-3-1-2-4-15-6/h6H,1-5H2,(H,9,14)(H,10,11,12,13). The lowest BCUT2D eigenvalue weighted by Crippen LogP contribution is -2.32. The Hall–Kier alpha value is -1.11. The molecular formula is C8H13N5OS. The van der Waals surface area contributed by atoms with Crippen LogP contribution in [0, 0.1) is 0 Å².